The van der Waals surface area contributed by atoms with Crippen molar-refractivity contribution >= 4 is 11.9 Å². The Morgan fingerprint density at radius 2 is 1.81 bits per heavy atom. The SMILES string of the molecule is Cc1nnc(N2CCC([C@@H]3NC(=O)C3(C)C)CC2)nc1C. The van der Waals surface area contributed by atoms with E-state index in [0.717, 1.165) is 43.3 Å². The van der Waals surface area contributed by atoms with E-state index in [1.165, 1.54) is 0 Å². The Morgan fingerprint density at radius 1 is 1.14 bits per heavy atom. The average molecular weight is 289 g/mol. The van der Waals surface area contributed by atoms with Gasteiger partial charge in [0.05, 0.1) is 16.8 Å². The van der Waals surface area contributed by atoms with Gasteiger partial charge in [-0.1, -0.05) is 0 Å². The molecule has 1 aromatic heterocycles. The van der Waals surface area contributed by atoms with Crippen molar-refractivity contribution in [2.75, 3.05) is 18.0 Å². The van der Waals surface area contributed by atoms with Gasteiger partial charge in [-0.05, 0) is 46.5 Å². The molecular formula is C15H23N5O. The van der Waals surface area contributed by atoms with Gasteiger partial charge in [0, 0.05) is 19.1 Å². The molecule has 6 nitrogen and oxygen atoms in total. The van der Waals surface area contributed by atoms with E-state index in [0.29, 0.717) is 12.0 Å². The zero-order valence-electron chi connectivity index (χ0n) is 13.2. The number of amides is 1. The number of carbonyl (C=O) groups excluding carboxylic acids is 1. The van der Waals surface area contributed by atoms with Gasteiger partial charge in [-0.25, -0.2) is 4.98 Å². The Morgan fingerprint density at radius 3 is 2.33 bits per heavy atom. The lowest BCUT2D eigenvalue weighted by Crippen LogP contribution is -2.67. The molecule has 3 heterocycles. The lowest BCUT2D eigenvalue weighted by atomic mass is 9.68. The highest BCUT2D eigenvalue weighted by Gasteiger charge is 2.51. The van der Waals surface area contributed by atoms with Crippen LogP contribution in [0.2, 0.25) is 0 Å². The molecule has 1 amide bonds. The number of anilines is 1. The molecule has 0 aromatic carbocycles. The van der Waals surface area contributed by atoms with Crippen molar-refractivity contribution < 1.29 is 4.79 Å². The van der Waals surface area contributed by atoms with E-state index in [2.05, 4.69) is 25.4 Å². The summed E-state index contributed by atoms with van der Waals surface area (Å²) in [5.41, 5.74) is 1.60. The molecule has 0 saturated carbocycles. The molecule has 0 radical (unpaired) electrons. The van der Waals surface area contributed by atoms with Gasteiger partial charge in [0.15, 0.2) is 0 Å². The van der Waals surface area contributed by atoms with Gasteiger partial charge in [0.1, 0.15) is 0 Å². The van der Waals surface area contributed by atoms with Gasteiger partial charge in [-0.2, -0.15) is 5.10 Å². The number of carbonyl (C=O) groups is 1. The minimum absolute atomic E-state index is 0.177. The molecule has 3 rings (SSSR count). The Hall–Kier alpha value is -1.72. The van der Waals surface area contributed by atoms with Crippen molar-refractivity contribution in [2.24, 2.45) is 11.3 Å². The lowest BCUT2D eigenvalue weighted by Gasteiger charge is -2.50. The van der Waals surface area contributed by atoms with Crippen molar-refractivity contribution in [3.63, 3.8) is 0 Å². The summed E-state index contributed by atoms with van der Waals surface area (Å²) in [6, 6.07) is 0.311. The van der Waals surface area contributed by atoms with E-state index >= 15 is 0 Å². The first-order valence-corrected chi connectivity index (χ1v) is 7.63. The van der Waals surface area contributed by atoms with E-state index in [4.69, 9.17) is 0 Å². The maximum Gasteiger partial charge on any atom is 0.245 e. The van der Waals surface area contributed by atoms with Gasteiger partial charge < -0.3 is 10.2 Å². The number of rotatable bonds is 2. The summed E-state index contributed by atoms with van der Waals surface area (Å²) in [4.78, 5) is 18.3. The molecule has 2 aliphatic heterocycles. The predicted octanol–water partition coefficient (Wildman–Crippen LogP) is 1.23. The summed E-state index contributed by atoms with van der Waals surface area (Å²) < 4.78 is 0. The van der Waals surface area contributed by atoms with Crippen molar-refractivity contribution in [2.45, 2.75) is 46.6 Å². The van der Waals surface area contributed by atoms with Crippen LogP contribution in [0.5, 0.6) is 0 Å². The van der Waals surface area contributed by atoms with Crippen LogP contribution in [0.25, 0.3) is 0 Å². The van der Waals surface area contributed by atoms with Gasteiger partial charge in [-0.3, -0.25) is 4.79 Å². The normalized spacial score (nSPS) is 25.4. The molecule has 1 N–H and O–H groups in total. The third-order valence-corrected chi connectivity index (χ3v) is 5.02. The fourth-order valence-corrected chi connectivity index (χ4v) is 3.29. The van der Waals surface area contributed by atoms with Gasteiger partial charge in [0.25, 0.3) is 0 Å². The Balaban J connectivity index is 1.63. The van der Waals surface area contributed by atoms with Crippen molar-refractivity contribution in [1.29, 1.82) is 0 Å². The second-order valence-electron chi connectivity index (χ2n) is 6.78. The molecule has 1 atom stereocenters. The highest BCUT2D eigenvalue weighted by atomic mass is 16.2. The largest absolute Gasteiger partial charge is 0.351 e. The second kappa shape index (κ2) is 4.93. The number of aromatic nitrogens is 3. The second-order valence-corrected chi connectivity index (χ2v) is 6.78. The Bertz CT molecular complexity index is 563. The maximum atomic E-state index is 11.6. The molecule has 1 aromatic rings. The molecular weight excluding hydrogens is 266 g/mol. The van der Waals surface area contributed by atoms with Crippen LogP contribution >= 0.6 is 0 Å². The standard InChI is InChI=1S/C15H23N5O/c1-9-10(2)18-19-14(16-9)20-7-5-11(6-8-20)12-15(3,4)13(21)17-12/h11-12H,5-8H2,1-4H3,(H,17,21)/t12-/m0/s1. The monoisotopic (exact) mass is 289 g/mol. The Labute approximate surface area is 125 Å². The number of β-lactam (4-membered cyclic amide) rings is 1. The van der Waals surface area contributed by atoms with Crippen LogP contribution in [-0.2, 0) is 4.79 Å². The Kier molecular flexibility index (Phi) is 3.34. The summed E-state index contributed by atoms with van der Waals surface area (Å²) >= 11 is 0. The summed E-state index contributed by atoms with van der Waals surface area (Å²) in [6.07, 6.45) is 2.12. The highest BCUT2D eigenvalue weighted by Crippen LogP contribution is 2.38. The number of hydrogen-bond donors (Lipinski definition) is 1. The first-order chi connectivity index (χ1) is 9.89. The number of nitrogens with zero attached hydrogens (tertiary/aromatic N) is 4. The number of hydrogen-bond acceptors (Lipinski definition) is 5. The summed E-state index contributed by atoms with van der Waals surface area (Å²) in [5, 5.41) is 11.4. The van der Waals surface area contributed by atoms with Gasteiger partial charge >= 0.3 is 0 Å². The third-order valence-electron chi connectivity index (χ3n) is 5.02. The number of nitrogens with one attached hydrogen (secondary N) is 1. The molecule has 2 fully saturated rings. The summed E-state index contributed by atoms with van der Waals surface area (Å²) in [6.45, 7) is 9.83. The first kappa shape index (κ1) is 14.2. The van der Waals surface area contributed by atoms with Crippen LogP contribution in [0.1, 0.15) is 38.1 Å². The van der Waals surface area contributed by atoms with Crippen LogP contribution < -0.4 is 10.2 Å². The molecule has 2 saturated heterocycles. The van der Waals surface area contributed by atoms with Crippen molar-refractivity contribution in [3.05, 3.63) is 11.4 Å². The van der Waals surface area contributed by atoms with E-state index in [1.54, 1.807) is 0 Å². The van der Waals surface area contributed by atoms with Crippen LogP contribution in [0.15, 0.2) is 0 Å². The minimum atomic E-state index is -0.217. The minimum Gasteiger partial charge on any atom is -0.351 e. The molecule has 6 heteroatoms. The molecule has 21 heavy (non-hydrogen) atoms. The van der Waals surface area contributed by atoms with Crippen molar-refractivity contribution in [1.82, 2.24) is 20.5 Å². The zero-order chi connectivity index (χ0) is 15.2. The molecule has 2 aliphatic rings. The lowest BCUT2D eigenvalue weighted by molar-refractivity contribution is -0.145. The van der Waals surface area contributed by atoms with Crippen LogP contribution in [-0.4, -0.2) is 40.2 Å². The van der Waals surface area contributed by atoms with Crippen molar-refractivity contribution in [3.8, 4) is 0 Å². The first-order valence-electron chi connectivity index (χ1n) is 7.63. The molecule has 114 valence electrons. The topological polar surface area (TPSA) is 71.0 Å². The number of aryl methyl sites for hydroxylation is 2. The van der Waals surface area contributed by atoms with Crippen LogP contribution in [0.3, 0.4) is 0 Å². The molecule has 0 spiro atoms. The van der Waals surface area contributed by atoms with E-state index in [1.807, 2.05) is 27.7 Å². The molecule has 0 bridgehead atoms. The maximum absolute atomic E-state index is 11.6. The predicted molar refractivity (Wildman–Crippen MR) is 79.9 cm³/mol. The van der Waals surface area contributed by atoms with Crippen LogP contribution in [0.4, 0.5) is 5.95 Å². The fourth-order valence-electron chi connectivity index (χ4n) is 3.29. The summed E-state index contributed by atoms with van der Waals surface area (Å²) in [7, 11) is 0. The van der Waals surface area contributed by atoms with Gasteiger partial charge in [-0.15, -0.1) is 5.10 Å². The highest BCUT2D eigenvalue weighted by molar-refractivity contribution is 5.89. The number of piperidine rings is 1. The van der Waals surface area contributed by atoms with Crippen LogP contribution in [0, 0.1) is 25.2 Å². The zero-order valence-corrected chi connectivity index (χ0v) is 13.2. The van der Waals surface area contributed by atoms with E-state index in [9.17, 15) is 4.79 Å². The third kappa shape index (κ3) is 2.36. The smallest absolute Gasteiger partial charge is 0.245 e. The molecule has 0 unspecified atom stereocenters. The quantitative estimate of drug-likeness (QED) is 0.829. The van der Waals surface area contributed by atoms with E-state index in [-0.39, 0.29) is 11.3 Å². The van der Waals surface area contributed by atoms with Gasteiger partial charge in [0.2, 0.25) is 11.9 Å². The summed E-state index contributed by atoms with van der Waals surface area (Å²) in [5.74, 6) is 1.46. The fraction of sp³-hybridized carbons (Fsp3) is 0.733. The average Bonchev–Trinajstić information content (AvgIpc) is 2.48. The van der Waals surface area contributed by atoms with E-state index < -0.39 is 0 Å². The molecule has 0 aliphatic carbocycles.